The van der Waals surface area contributed by atoms with E-state index < -0.39 is 6.10 Å². The van der Waals surface area contributed by atoms with Gasteiger partial charge in [-0.05, 0) is 25.3 Å². The van der Waals surface area contributed by atoms with Crippen molar-refractivity contribution in [1.82, 2.24) is 14.7 Å². The van der Waals surface area contributed by atoms with Gasteiger partial charge < -0.3 is 10.0 Å². The molecule has 0 radical (unpaired) electrons. The SMILES string of the molecule is CCCCn1nc(C(=O)N2CCCC(O)C2)ccc1=O. The lowest BCUT2D eigenvalue weighted by molar-refractivity contribution is 0.0466. The first kappa shape index (κ1) is 14.7. The topological polar surface area (TPSA) is 75.4 Å². The molecule has 1 unspecified atom stereocenters. The Morgan fingerprint density at radius 2 is 2.30 bits per heavy atom. The van der Waals surface area contributed by atoms with Crippen molar-refractivity contribution in [2.24, 2.45) is 0 Å². The number of amides is 1. The van der Waals surface area contributed by atoms with Gasteiger partial charge in [0.05, 0.1) is 6.10 Å². The van der Waals surface area contributed by atoms with Crippen LogP contribution < -0.4 is 5.56 Å². The number of hydrogen-bond acceptors (Lipinski definition) is 4. The molecule has 1 aliphatic rings. The Morgan fingerprint density at radius 1 is 1.50 bits per heavy atom. The summed E-state index contributed by atoms with van der Waals surface area (Å²) < 4.78 is 1.34. The molecule has 1 amide bonds. The van der Waals surface area contributed by atoms with E-state index in [0.29, 0.717) is 19.6 Å². The Labute approximate surface area is 118 Å². The highest BCUT2D eigenvalue weighted by molar-refractivity contribution is 5.92. The minimum absolute atomic E-state index is 0.186. The number of aliphatic hydroxyl groups excluding tert-OH is 1. The molecule has 0 spiro atoms. The lowest BCUT2D eigenvalue weighted by Crippen LogP contribution is -2.43. The van der Waals surface area contributed by atoms with Crippen LogP contribution in [-0.2, 0) is 6.54 Å². The fraction of sp³-hybridized carbons (Fsp3) is 0.643. The predicted octanol–water partition coefficient (Wildman–Crippen LogP) is 0.640. The van der Waals surface area contributed by atoms with E-state index in [-0.39, 0.29) is 17.2 Å². The van der Waals surface area contributed by atoms with Gasteiger partial charge in [0.25, 0.3) is 11.5 Å². The molecule has 1 fully saturated rings. The smallest absolute Gasteiger partial charge is 0.274 e. The third-order valence-corrected chi connectivity index (χ3v) is 3.49. The van der Waals surface area contributed by atoms with Crippen LogP contribution in [0.5, 0.6) is 0 Å². The fourth-order valence-corrected chi connectivity index (χ4v) is 2.33. The molecule has 110 valence electrons. The third kappa shape index (κ3) is 3.45. The number of carbonyl (C=O) groups excluding carboxylic acids is 1. The van der Waals surface area contributed by atoms with Crippen LogP contribution in [0.2, 0.25) is 0 Å². The second-order valence-electron chi connectivity index (χ2n) is 5.18. The molecular formula is C14H21N3O3. The van der Waals surface area contributed by atoms with E-state index in [1.165, 1.54) is 16.8 Å². The number of hydrogen-bond donors (Lipinski definition) is 1. The van der Waals surface area contributed by atoms with E-state index in [1.54, 1.807) is 4.90 Å². The minimum atomic E-state index is -0.460. The largest absolute Gasteiger partial charge is 0.391 e. The number of aliphatic hydroxyl groups is 1. The van der Waals surface area contributed by atoms with Gasteiger partial charge in [-0.2, -0.15) is 5.10 Å². The van der Waals surface area contributed by atoms with Gasteiger partial charge in [-0.25, -0.2) is 4.68 Å². The highest BCUT2D eigenvalue weighted by Crippen LogP contribution is 2.12. The Bertz CT molecular complexity index is 527. The maximum Gasteiger partial charge on any atom is 0.274 e. The number of carbonyl (C=O) groups is 1. The number of nitrogens with zero attached hydrogens (tertiary/aromatic N) is 3. The van der Waals surface area contributed by atoms with Crippen LogP contribution in [0.15, 0.2) is 16.9 Å². The second-order valence-corrected chi connectivity index (χ2v) is 5.18. The second kappa shape index (κ2) is 6.65. The molecule has 1 aliphatic heterocycles. The minimum Gasteiger partial charge on any atom is -0.391 e. The molecule has 1 atom stereocenters. The van der Waals surface area contributed by atoms with Crippen LogP contribution in [0.1, 0.15) is 43.1 Å². The highest BCUT2D eigenvalue weighted by atomic mass is 16.3. The van der Waals surface area contributed by atoms with Crippen LogP contribution in [0.3, 0.4) is 0 Å². The quantitative estimate of drug-likeness (QED) is 0.877. The molecule has 1 aromatic heterocycles. The number of aromatic nitrogens is 2. The Balaban J connectivity index is 2.15. The van der Waals surface area contributed by atoms with Gasteiger partial charge in [-0.1, -0.05) is 13.3 Å². The molecule has 2 rings (SSSR count). The Kier molecular flexibility index (Phi) is 4.89. The maximum atomic E-state index is 12.3. The van der Waals surface area contributed by atoms with Crippen molar-refractivity contribution >= 4 is 5.91 Å². The summed E-state index contributed by atoms with van der Waals surface area (Å²) in [5.74, 6) is -0.214. The zero-order valence-corrected chi connectivity index (χ0v) is 11.8. The van der Waals surface area contributed by atoms with Crippen molar-refractivity contribution in [2.75, 3.05) is 13.1 Å². The summed E-state index contributed by atoms with van der Waals surface area (Å²) in [6.07, 6.45) is 2.88. The van der Waals surface area contributed by atoms with Crippen molar-refractivity contribution in [3.63, 3.8) is 0 Å². The number of aryl methyl sites for hydroxylation is 1. The van der Waals surface area contributed by atoms with E-state index in [0.717, 1.165) is 25.7 Å². The van der Waals surface area contributed by atoms with E-state index in [2.05, 4.69) is 5.10 Å². The van der Waals surface area contributed by atoms with Crippen LogP contribution >= 0.6 is 0 Å². The lowest BCUT2D eigenvalue weighted by atomic mass is 10.1. The van der Waals surface area contributed by atoms with Crippen LogP contribution in [0.25, 0.3) is 0 Å². The number of rotatable bonds is 4. The van der Waals surface area contributed by atoms with Gasteiger partial charge in [0.1, 0.15) is 5.69 Å². The van der Waals surface area contributed by atoms with Crippen LogP contribution in [0, 0.1) is 0 Å². The maximum absolute atomic E-state index is 12.3. The number of β-amino-alcohol motifs (C(OH)–C–C–N with tert-alkyl or cyclic N) is 1. The number of likely N-dealkylation sites (tertiary alicyclic amines) is 1. The van der Waals surface area contributed by atoms with Crippen molar-refractivity contribution in [2.45, 2.75) is 45.3 Å². The molecule has 0 aromatic carbocycles. The average molecular weight is 279 g/mol. The summed E-state index contributed by atoms with van der Waals surface area (Å²) in [5, 5.41) is 13.8. The third-order valence-electron chi connectivity index (χ3n) is 3.49. The molecule has 1 aromatic rings. The molecule has 0 saturated carbocycles. The number of piperidine rings is 1. The monoisotopic (exact) mass is 279 g/mol. The average Bonchev–Trinajstić information content (AvgIpc) is 2.45. The Hall–Kier alpha value is -1.69. The Morgan fingerprint density at radius 3 is 3.00 bits per heavy atom. The predicted molar refractivity (Wildman–Crippen MR) is 74.5 cm³/mol. The summed E-state index contributed by atoms with van der Waals surface area (Å²) in [4.78, 5) is 25.6. The zero-order valence-electron chi connectivity index (χ0n) is 11.8. The summed E-state index contributed by atoms with van der Waals surface area (Å²) in [7, 11) is 0. The van der Waals surface area contributed by atoms with E-state index in [1.807, 2.05) is 6.92 Å². The zero-order chi connectivity index (χ0) is 14.5. The van der Waals surface area contributed by atoms with E-state index >= 15 is 0 Å². The molecule has 2 heterocycles. The molecular weight excluding hydrogens is 258 g/mol. The lowest BCUT2D eigenvalue weighted by Gasteiger charge is -2.29. The first-order valence-corrected chi connectivity index (χ1v) is 7.17. The summed E-state index contributed by atoms with van der Waals surface area (Å²) in [6.45, 7) is 3.54. The molecule has 1 N–H and O–H groups in total. The molecule has 1 saturated heterocycles. The van der Waals surface area contributed by atoms with Crippen LogP contribution in [-0.4, -0.2) is 44.9 Å². The van der Waals surface area contributed by atoms with Crippen molar-refractivity contribution in [3.05, 3.63) is 28.2 Å². The standard InChI is InChI=1S/C14H21N3O3/c1-2-3-9-17-13(19)7-6-12(15-17)14(20)16-8-4-5-11(18)10-16/h6-7,11,18H,2-5,8-10H2,1H3. The molecule has 0 aliphatic carbocycles. The van der Waals surface area contributed by atoms with Crippen molar-refractivity contribution < 1.29 is 9.90 Å². The normalized spacial score (nSPS) is 19.1. The molecule has 6 nitrogen and oxygen atoms in total. The molecule has 0 bridgehead atoms. The van der Waals surface area contributed by atoms with Gasteiger partial charge in [0, 0.05) is 25.7 Å². The van der Waals surface area contributed by atoms with Gasteiger partial charge in [0.2, 0.25) is 0 Å². The van der Waals surface area contributed by atoms with E-state index in [4.69, 9.17) is 0 Å². The fourth-order valence-electron chi connectivity index (χ4n) is 2.33. The first-order valence-electron chi connectivity index (χ1n) is 7.17. The molecule has 20 heavy (non-hydrogen) atoms. The van der Waals surface area contributed by atoms with E-state index in [9.17, 15) is 14.7 Å². The van der Waals surface area contributed by atoms with Crippen molar-refractivity contribution in [1.29, 1.82) is 0 Å². The van der Waals surface area contributed by atoms with Gasteiger partial charge in [-0.3, -0.25) is 9.59 Å². The summed E-state index contributed by atoms with van der Waals surface area (Å²) >= 11 is 0. The van der Waals surface area contributed by atoms with Gasteiger partial charge >= 0.3 is 0 Å². The molecule has 6 heteroatoms. The van der Waals surface area contributed by atoms with Crippen LogP contribution in [0.4, 0.5) is 0 Å². The van der Waals surface area contributed by atoms with Gasteiger partial charge in [-0.15, -0.1) is 0 Å². The summed E-state index contributed by atoms with van der Waals surface area (Å²) in [5.41, 5.74) is 0.0866. The summed E-state index contributed by atoms with van der Waals surface area (Å²) in [6, 6.07) is 2.85. The first-order chi connectivity index (χ1) is 9.61. The van der Waals surface area contributed by atoms with Crippen molar-refractivity contribution in [3.8, 4) is 0 Å². The van der Waals surface area contributed by atoms with Gasteiger partial charge in [0.15, 0.2) is 0 Å². The highest BCUT2D eigenvalue weighted by Gasteiger charge is 2.24. The number of unbranched alkanes of at least 4 members (excludes halogenated alkanes) is 1.